The first kappa shape index (κ1) is 14.4. The van der Waals surface area contributed by atoms with Crippen LogP contribution < -0.4 is 4.74 Å². The number of ether oxygens (including phenoxy) is 2. The van der Waals surface area contributed by atoms with Crippen LogP contribution in [0.2, 0.25) is 0 Å². The molecule has 0 amide bonds. The standard InChI is InChI=1S/C16H21BrO3/c1-19-16(4-2-5-16)10-14(18)9-12-8-13(17)7-11-3-6-20-15(11)12/h7-8,14,18H,2-6,9-10H2,1H3. The smallest absolute Gasteiger partial charge is 0.125 e. The molecule has 3 nitrogen and oxygen atoms in total. The molecule has 1 aliphatic heterocycles. The lowest BCUT2D eigenvalue weighted by molar-refractivity contribution is -0.0989. The van der Waals surface area contributed by atoms with Gasteiger partial charge < -0.3 is 14.6 Å². The Morgan fingerprint density at radius 3 is 2.90 bits per heavy atom. The largest absolute Gasteiger partial charge is 0.493 e. The Morgan fingerprint density at radius 1 is 1.45 bits per heavy atom. The molecule has 1 aromatic carbocycles. The van der Waals surface area contributed by atoms with E-state index in [1.54, 1.807) is 7.11 Å². The summed E-state index contributed by atoms with van der Waals surface area (Å²) in [6.45, 7) is 0.747. The molecular formula is C16H21BrO3. The lowest BCUT2D eigenvalue weighted by atomic mass is 9.75. The van der Waals surface area contributed by atoms with Crippen molar-refractivity contribution in [1.82, 2.24) is 0 Å². The predicted molar refractivity (Wildman–Crippen MR) is 81.3 cm³/mol. The zero-order valence-electron chi connectivity index (χ0n) is 11.8. The van der Waals surface area contributed by atoms with Crippen molar-refractivity contribution in [3.8, 4) is 5.75 Å². The van der Waals surface area contributed by atoms with Gasteiger partial charge in [0.25, 0.3) is 0 Å². The number of rotatable bonds is 5. The molecular weight excluding hydrogens is 320 g/mol. The molecule has 4 heteroatoms. The SMILES string of the molecule is COC1(CC(O)Cc2cc(Br)cc3c2OCC3)CCC1. The van der Waals surface area contributed by atoms with Crippen molar-refractivity contribution in [3.63, 3.8) is 0 Å². The van der Waals surface area contributed by atoms with Gasteiger partial charge in [0.15, 0.2) is 0 Å². The maximum absolute atomic E-state index is 10.4. The van der Waals surface area contributed by atoms with Crippen LogP contribution in [0.3, 0.4) is 0 Å². The summed E-state index contributed by atoms with van der Waals surface area (Å²) in [5.74, 6) is 0.979. The van der Waals surface area contributed by atoms with Gasteiger partial charge in [0.2, 0.25) is 0 Å². The normalized spacial score (nSPS) is 20.9. The monoisotopic (exact) mass is 340 g/mol. The van der Waals surface area contributed by atoms with Crippen LogP contribution in [0.4, 0.5) is 0 Å². The third-order valence-electron chi connectivity index (χ3n) is 4.59. The first-order chi connectivity index (χ1) is 9.62. The average Bonchev–Trinajstić information content (AvgIpc) is 2.82. The van der Waals surface area contributed by atoms with Crippen LogP contribution in [0, 0.1) is 0 Å². The summed E-state index contributed by atoms with van der Waals surface area (Å²) in [5.41, 5.74) is 2.26. The van der Waals surface area contributed by atoms with Gasteiger partial charge in [-0.1, -0.05) is 15.9 Å². The summed E-state index contributed by atoms with van der Waals surface area (Å²) < 4.78 is 12.4. The number of benzene rings is 1. The number of hydrogen-bond acceptors (Lipinski definition) is 3. The maximum Gasteiger partial charge on any atom is 0.125 e. The van der Waals surface area contributed by atoms with Crippen LogP contribution in [-0.4, -0.2) is 30.5 Å². The van der Waals surface area contributed by atoms with E-state index >= 15 is 0 Å². The van der Waals surface area contributed by atoms with Gasteiger partial charge in [-0.05, 0) is 42.5 Å². The van der Waals surface area contributed by atoms with Gasteiger partial charge in [-0.2, -0.15) is 0 Å². The highest BCUT2D eigenvalue weighted by molar-refractivity contribution is 9.10. The fraction of sp³-hybridized carbons (Fsp3) is 0.625. The number of fused-ring (bicyclic) bond motifs is 1. The minimum Gasteiger partial charge on any atom is -0.493 e. The molecule has 1 N–H and O–H groups in total. The molecule has 0 saturated heterocycles. The fourth-order valence-corrected chi connectivity index (χ4v) is 3.87. The lowest BCUT2D eigenvalue weighted by Gasteiger charge is -2.41. The fourth-order valence-electron chi connectivity index (χ4n) is 3.32. The summed E-state index contributed by atoms with van der Waals surface area (Å²) in [7, 11) is 1.76. The van der Waals surface area contributed by atoms with Crippen LogP contribution in [0.25, 0.3) is 0 Å². The molecule has 0 spiro atoms. The molecule has 1 heterocycles. The molecule has 20 heavy (non-hydrogen) atoms. The zero-order valence-corrected chi connectivity index (χ0v) is 13.4. The summed E-state index contributed by atoms with van der Waals surface area (Å²) in [6, 6.07) is 4.18. The first-order valence-corrected chi connectivity index (χ1v) is 8.08. The lowest BCUT2D eigenvalue weighted by Crippen LogP contribution is -2.42. The highest BCUT2D eigenvalue weighted by Crippen LogP contribution is 2.40. The third-order valence-corrected chi connectivity index (χ3v) is 5.04. The molecule has 0 radical (unpaired) electrons. The second-order valence-electron chi connectivity index (χ2n) is 5.95. The van der Waals surface area contributed by atoms with Crippen LogP contribution >= 0.6 is 15.9 Å². The van der Waals surface area contributed by atoms with E-state index in [9.17, 15) is 5.11 Å². The van der Waals surface area contributed by atoms with E-state index in [4.69, 9.17) is 9.47 Å². The van der Waals surface area contributed by atoms with Crippen molar-refractivity contribution in [1.29, 1.82) is 0 Å². The van der Waals surface area contributed by atoms with E-state index in [1.807, 2.05) is 0 Å². The molecule has 1 aromatic rings. The van der Waals surface area contributed by atoms with Gasteiger partial charge in [0.1, 0.15) is 5.75 Å². The van der Waals surface area contributed by atoms with E-state index in [2.05, 4.69) is 28.1 Å². The van der Waals surface area contributed by atoms with Gasteiger partial charge in [0.05, 0.1) is 18.3 Å². The molecule has 1 aliphatic carbocycles. The summed E-state index contributed by atoms with van der Waals surface area (Å²) in [5, 5.41) is 10.4. The number of aliphatic hydroxyl groups excluding tert-OH is 1. The van der Waals surface area contributed by atoms with Gasteiger partial charge in [0, 0.05) is 30.8 Å². The van der Waals surface area contributed by atoms with Crippen molar-refractivity contribution in [2.75, 3.05) is 13.7 Å². The van der Waals surface area contributed by atoms with E-state index < -0.39 is 0 Å². The average molecular weight is 341 g/mol. The second kappa shape index (κ2) is 5.66. The van der Waals surface area contributed by atoms with E-state index in [1.165, 1.54) is 12.0 Å². The topological polar surface area (TPSA) is 38.7 Å². The molecule has 2 aliphatic rings. The Hall–Kier alpha value is -0.580. The Balaban J connectivity index is 1.71. The van der Waals surface area contributed by atoms with Gasteiger partial charge in [-0.15, -0.1) is 0 Å². The van der Waals surface area contributed by atoms with Gasteiger partial charge in [-0.3, -0.25) is 0 Å². The highest BCUT2D eigenvalue weighted by atomic mass is 79.9. The Morgan fingerprint density at radius 2 is 2.25 bits per heavy atom. The molecule has 1 fully saturated rings. The summed E-state index contributed by atoms with van der Waals surface area (Å²) >= 11 is 3.54. The molecule has 3 rings (SSSR count). The number of halogens is 1. The van der Waals surface area contributed by atoms with Crippen molar-refractivity contribution in [3.05, 3.63) is 27.7 Å². The van der Waals surface area contributed by atoms with Crippen LogP contribution in [0.15, 0.2) is 16.6 Å². The van der Waals surface area contributed by atoms with Crippen LogP contribution in [0.1, 0.15) is 36.8 Å². The van der Waals surface area contributed by atoms with Crippen molar-refractivity contribution in [2.45, 2.75) is 50.2 Å². The van der Waals surface area contributed by atoms with Crippen LogP contribution in [0.5, 0.6) is 5.75 Å². The van der Waals surface area contributed by atoms with Crippen molar-refractivity contribution >= 4 is 15.9 Å². The minimum absolute atomic E-state index is 0.0878. The Bertz CT molecular complexity index is 491. The number of aliphatic hydroxyl groups is 1. The summed E-state index contributed by atoms with van der Waals surface area (Å²) in [6.07, 6.45) is 5.26. The third kappa shape index (κ3) is 2.74. The van der Waals surface area contributed by atoms with Gasteiger partial charge >= 0.3 is 0 Å². The first-order valence-electron chi connectivity index (χ1n) is 7.29. The maximum atomic E-state index is 10.4. The van der Waals surface area contributed by atoms with E-state index in [-0.39, 0.29) is 11.7 Å². The van der Waals surface area contributed by atoms with E-state index in [0.717, 1.165) is 41.7 Å². The molecule has 110 valence electrons. The molecule has 1 unspecified atom stereocenters. The molecule has 1 saturated carbocycles. The van der Waals surface area contributed by atoms with Crippen molar-refractivity contribution < 1.29 is 14.6 Å². The predicted octanol–water partition coefficient (Wildman–Crippen LogP) is 3.25. The second-order valence-corrected chi connectivity index (χ2v) is 6.87. The minimum atomic E-state index is -0.377. The summed E-state index contributed by atoms with van der Waals surface area (Å²) in [4.78, 5) is 0. The highest BCUT2D eigenvalue weighted by Gasteiger charge is 2.38. The molecule has 0 bridgehead atoms. The zero-order chi connectivity index (χ0) is 14.2. The molecule has 0 aromatic heterocycles. The number of methoxy groups -OCH3 is 1. The van der Waals surface area contributed by atoms with Crippen LogP contribution in [-0.2, 0) is 17.6 Å². The van der Waals surface area contributed by atoms with Crippen molar-refractivity contribution in [2.24, 2.45) is 0 Å². The quantitative estimate of drug-likeness (QED) is 0.894. The Labute approximate surface area is 128 Å². The van der Waals surface area contributed by atoms with Gasteiger partial charge in [-0.25, -0.2) is 0 Å². The van der Waals surface area contributed by atoms with E-state index in [0.29, 0.717) is 12.8 Å². The molecule has 1 atom stereocenters. The number of hydrogen-bond donors (Lipinski definition) is 1. The Kier molecular flexibility index (Phi) is 4.07.